The molecule has 2 rings (SSSR count). The van der Waals surface area contributed by atoms with Crippen molar-refractivity contribution in [2.45, 2.75) is 6.92 Å². The van der Waals surface area contributed by atoms with Crippen LogP contribution in [0.1, 0.15) is 12.6 Å². The molecule has 2 aromatic rings. The Balaban J connectivity index is 1.99. The standard InChI is InChI=1S/C14H15N3O/c1-11(18)16-9-8-15-10-13-7-6-12-4-2-3-5-14(12)17-13/h2-7,10H,8-9H2,1H3,(H,16,18)/b15-10+. The number of nitrogens with zero attached hydrogens (tertiary/aromatic N) is 2. The van der Waals surface area contributed by atoms with Crippen LogP contribution < -0.4 is 5.32 Å². The first-order chi connectivity index (χ1) is 8.75. The van der Waals surface area contributed by atoms with Crippen LogP contribution in [-0.2, 0) is 4.79 Å². The average molecular weight is 241 g/mol. The van der Waals surface area contributed by atoms with Crippen molar-refractivity contribution in [2.24, 2.45) is 4.99 Å². The highest BCUT2D eigenvalue weighted by Crippen LogP contribution is 2.10. The van der Waals surface area contributed by atoms with E-state index >= 15 is 0 Å². The van der Waals surface area contributed by atoms with E-state index < -0.39 is 0 Å². The van der Waals surface area contributed by atoms with E-state index in [1.54, 1.807) is 6.21 Å². The van der Waals surface area contributed by atoms with Crippen LogP contribution in [0.25, 0.3) is 10.9 Å². The molecule has 0 unspecified atom stereocenters. The van der Waals surface area contributed by atoms with Gasteiger partial charge in [-0.25, -0.2) is 4.98 Å². The van der Waals surface area contributed by atoms with Crippen LogP contribution >= 0.6 is 0 Å². The number of benzene rings is 1. The van der Waals surface area contributed by atoms with Crippen molar-refractivity contribution < 1.29 is 4.79 Å². The lowest BCUT2D eigenvalue weighted by Gasteiger charge is -1.99. The Kier molecular flexibility index (Phi) is 4.02. The summed E-state index contributed by atoms with van der Waals surface area (Å²) in [6.07, 6.45) is 1.73. The van der Waals surface area contributed by atoms with Gasteiger partial charge in [-0.1, -0.05) is 24.3 Å². The summed E-state index contributed by atoms with van der Waals surface area (Å²) in [4.78, 5) is 19.3. The largest absolute Gasteiger partial charge is 0.354 e. The highest BCUT2D eigenvalue weighted by atomic mass is 16.1. The second-order valence-corrected chi connectivity index (χ2v) is 3.95. The third-order valence-corrected chi connectivity index (χ3v) is 2.46. The van der Waals surface area contributed by atoms with E-state index in [0.717, 1.165) is 16.6 Å². The Hall–Kier alpha value is -2.23. The number of hydrogen-bond donors (Lipinski definition) is 1. The molecule has 0 atom stereocenters. The normalized spacial score (nSPS) is 10.9. The zero-order valence-electron chi connectivity index (χ0n) is 10.3. The van der Waals surface area contributed by atoms with Crippen LogP contribution in [0.15, 0.2) is 41.4 Å². The number of nitrogens with one attached hydrogen (secondary N) is 1. The molecule has 0 fully saturated rings. The SMILES string of the molecule is CC(=O)NCC/N=C/c1ccc2ccccc2n1. The number of amides is 1. The predicted molar refractivity (Wildman–Crippen MR) is 72.9 cm³/mol. The maximum absolute atomic E-state index is 10.6. The second-order valence-electron chi connectivity index (χ2n) is 3.95. The van der Waals surface area contributed by atoms with Crippen molar-refractivity contribution in [2.75, 3.05) is 13.1 Å². The Morgan fingerprint density at radius 3 is 3.00 bits per heavy atom. The smallest absolute Gasteiger partial charge is 0.216 e. The molecule has 0 spiro atoms. The third kappa shape index (κ3) is 3.38. The van der Waals surface area contributed by atoms with Gasteiger partial charge in [0.15, 0.2) is 0 Å². The number of aliphatic imine (C=N–C) groups is 1. The van der Waals surface area contributed by atoms with Gasteiger partial charge in [-0.05, 0) is 12.1 Å². The van der Waals surface area contributed by atoms with Gasteiger partial charge in [0.1, 0.15) is 0 Å². The fourth-order valence-electron chi connectivity index (χ4n) is 1.61. The van der Waals surface area contributed by atoms with Crippen molar-refractivity contribution in [3.05, 3.63) is 42.1 Å². The van der Waals surface area contributed by atoms with Gasteiger partial charge in [0.05, 0.1) is 17.8 Å². The minimum absolute atomic E-state index is 0.0333. The first kappa shape index (κ1) is 12.2. The summed E-state index contributed by atoms with van der Waals surface area (Å²) in [5.41, 5.74) is 1.79. The Labute approximate surface area is 106 Å². The van der Waals surface area contributed by atoms with Crippen molar-refractivity contribution >= 4 is 23.0 Å². The molecule has 4 nitrogen and oxygen atoms in total. The fraction of sp³-hybridized carbons (Fsp3) is 0.214. The molecule has 0 saturated heterocycles. The molecule has 1 heterocycles. The molecule has 0 radical (unpaired) electrons. The molecular weight excluding hydrogens is 226 g/mol. The number of pyridine rings is 1. The average Bonchev–Trinajstić information content (AvgIpc) is 2.38. The van der Waals surface area contributed by atoms with E-state index in [1.165, 1.54) is 6.92 Å². The second kappa shape index (κ2) is 5.91. The number of fused-ring (bicyclic) bond motifs is 1. The maximum atomic E-state index is 10.6. The molecule has 92 valence electrons. The molecule has 18 heavy (non-hydrogen) atoms. The van der Waals surface area contributed by atoms with Crippen LogP contribution in [0.2, 0.25) is 0 Å². The van der Waals surface area contributed by atoms with Gasteiger partial charge in [-0.3, -0.25) is 9.79 Å². The van der Waals surface area contributed by atoms with Crippen LogP contribution in [-0.4, -0.2) is 30.2 Å². The van der Waals surface area contributed by atoms with E-state index in [9.17, 15) is 4.79 Å². The lowest BCUT2D eigenvalue weighted by molar-refractivity contribution is -0.118. The molecule has 4 heteroatoms. The number of aromatic nitrogens is 1. The molecular formula is C14H15N3O. The quantitative estimate of drug-likeness (QED) is 0.655. The van der Waals surface area contributed by atoms with Gasteiger partial charge < -0.3 is 5.32 Å². The van der Waals surface area contributed by atoms with Crippen LogP contribution in [0.3, 0.4) is 0 Å². The predicted octanol–water partition coefficient (Wildman–Crippen LogP) is 1.79. The van der Waals surface area contributed by atoms with Gasteiger partial charge >= 0.3 is 0 Å². The minimum Gasteiger partial charge on any atom is -0.354 e. The highest BCUT2D eigenvalue weighted by Gasteiger charge is 1.94. The van der Waals surface area contributed by atoms with Crippen LogP contribution in [0, 0.1) is 0 Å². The molecule has 0 aliphatic heterocycles. The van der Waals surface area contributed by atoms with Gasteiger partial charge in [-0.15, -0.1) is 0 Å². The molecule has 1 N–H and O–H groups in total. The Bertz CT molecular complexity index is 578. The van der Waals surface area contributed by atoms with Gasteiger partial charge in [0.25, 0.3) is 0 Å². The van der Waals surface area contributed by atoms with E-state index in [4.69, 9.17) is 0 Å². The number of carbonyl (C=O) groups is 1. The summed E-state index contributed by atoms with van der Waals surface area (Å²) in [5.74, 6) is -0.0333. The van der Waals surface area contributed by atoms with E-state index in [2.05, 4.69) is 15.3 Å². The molecule has 0 saturated carbocycles. The van der Waals surface area contributed by atoms with Crippen molar-refractivity contribution in [3.63, 3.8) is 0 Å². The monoisotopic (exact) mass is 241 g/mol. The molecule has 0 aliphatic rings. The van der Waals surface area contributed by atoms with E-state index in [-0.39, 0.29) is 5.91 Å². The van der Waals surface area contributed by atoms with E-state index in [0.29, 0.717) is 13.1 Å². The summed E-state index contributed by atoms with van der Waals surface area (Å²) < 4.78 is 0. The lowest BCUT2D eigenvalue weighted by atomic mass is 10.2. The zero-order valence-corrected chi connectivity index (χ0v) is 10.3. The summed E-state index contributed by atoms with van der Waals surface area (Å²) in [5, 5.41) is 3.81. The molecule has 1 amide bonds. The first-order valence-corrected chi connectivity index (χ1v) is 5.86. The third-order valence-electron chi connectivity index (χ3n) is 2.46. The molecule has 0 bridgehead atoms. The van der Waals surface area contributed by atoms with Crippen LogP contribution in [0.4, 0.5) is 0 Å². The summed E-state index contributed by atoms with van der Waals surface area (Å²) in [6.45, 7) is 2.61. The van der Waals surface area contributed by atoms with Gasteiger partial charge in [-0.2, -0.15) is 0 Å². The topological polar surface area (TPSA) is 54.4 Å². The number of para-hydroxylation sites is 1. The Morgan fingerprint density at radius 2 is 2.17 bits per heavy atom. The Morgan fingerprint density at radius 1 is 1.33 bits per heavy atom. The molecule has 1 aromatic heterocycles. The van der Waals surface area contributed by atoms with E-state index in [1.807, 2.05) is 36.4 Å². The van der Waals surface area contributed by atoms with Crippen molar-refractivity contribution in [1.29, 1.82) is 0 Å². The fourth-order valence-corrected chi connectivity index (χ4v) is 1.61. The number of hydrogen-bond acceptors (Lipinski definition) is 3. The van der Waals surface area contributed by atoms with Crippen molar-refractivity contribution in [3.8, 4) is 0 Å². The molecule has 0 aliphatic carbocycles. The summed E-state index contributed by atoms with van der Waals surface area (Å²) in [7, 11) is 0. The minimum atomic E-state index is -0.0333. The van der Waals surface area contributed by atoms with Crippen molar-refractivity contribution in [1.82, 2.24) is 10.3 Å². The zero-order chi connectivity index (χ0) is 12.8. The summed E-state index contributed by atoms with van der Waals surface area (Å²) >= 11 is 0. The van der Waals surface area contributed by atoms with Gasteiger partial charge in [0.2, 0.25) is 5.91 Å². The lowest BCUT2D eigenvalue weighted by Crippen LogP contribution is -2.22. The molecule has 1 aromatic carbocycles. The summed E-state index contributed by atoms with van der Waals surface area (Å²) in [6, 6.07) is 11.9. The maximum Gasteiger partial charge on any atom is 0.216 e. The van der Waals surface area contributed by atoms with Crippen LogP contribution in [0.5, 0.6) is 0 Å². The van der Waals surface area contributed by atoms with Gasteiger partial charge in [0, 0.05) is 25.1 Å². The number of carbonyl (C=O) groups excluding carboxylic acids is 1. The number of rotatable bonds is 4. The highest BCUT2D eigenvalue weighted by molar-refractivity contribution is 5.85. The first-order valence-electron chi connectivity index (χ1n) is 5.86.